The average Bonchev–Trinajstić information content (AvgIpc) is 2.43. The smallest absolute Gasteiger partial charge is 0.319 e. The normalized spacial score (nSPS) is 18.9. The van der Waals surface area contributed by atoms with Crippen molar-refractivity contribution < 1.29 is 24.5 Å². The van der Waals surface area contributed by atoms with E-state index in [0.29, 0.717) is 32.6 Å². The number of carboxylic acid groups (broad SMARTS) is 1. The van der Waals surface area contributed by atoms with E-state index >= 15 is 0 Å². The first kappa shape index (κ1) is 17.7. The lowest BCUT2D eigenvalue weighted by molar-refractivity contribution is -0.141. The predicted octanol–water partition coefficient (Wildman–Crippen LogP) is 0.622. The molecule has 0 bridgehead atoms. The van der Waals surface area contributed by atoms with Crippen LogP contribution in [-0.4, -0.2) is 77.5 Å². The Labute approximate surface area is 125 Å². The number of aliphatic hydroxyl groups is 1. The lowest BCUT2D eigenvalue weighted by atomic mass is 9.94. The number of urea groups is 1. The van der Waals surface area contributed by atoms with E-state index in [-0.39, 0.29) is 19.1 Å². The van der Waals surface area contributed by atoms with Crippen LogP contribution in [0, 0.1) is 5.92 Å². The quantitative estimate of drug-likeness (QED) is 0.751. The Morgan fingerprint density at radius 3 is 2.38 bits per heavy atom. The van der Waals surface area contributed by atoms with Crippen molar-refractivity contribution in [2.24, 2.45) is 5.92 Å². The molecule has 0 radical (unpaired) electrons. The number of carboxylic acids is 1. The summed E-state index contributed by atoms with van der Waals surface area (Å²) in [7, 11) is 1.63. The van der Waals surface area contributed by atoms with Gasteiger partial charge >= 0.3 is 12.0 Å². The maximum atomic E-state index is 12.4. The third-order valence-electron chi connectivity index (χ3n) is 3.85. The molecule has 0 aromatic rings. The van der Waals surface area contributed by atoms with Crippen molar-refractivity contribution in [3.8, 4) is 0 Å². The summed E-state index contributed by atoms with van der Waals surface area (Å²) in [6.45, 7) is 5.19. The molecule has 1 heterocycles. The number of aliphatic carboxylic acids is 1. The van der Waals surface area contributed by atoms with E-state index in [2.05, 4.69) is 0 Å². The zero-order valence-corrected chi connectivity index (χ0v) is 13.0. The Balaban J connectivity index is 2.59. The summed E-state index contributed by atoms with van der Waals surface area (Å²) in [6, 6.07) is -0.259. The van der Waals surface area contributed by atoms with E-state index < -0.39 is 17.5 Å². The van der Waals surface area contributed by atoms with E-state index in [1.807, 2.05) is 6.92 Å². The molecule has 1 fully saturated rings. The molecule has 122 valence electrons. The van der Waals surface area contributed by atoms with Crippen molar-refractivity contribution >= 4 is 12.0 Å². The molecule has 2 N–H and O–H groups in total. The van der Waals surface area contributed by atoms with E-state index in [1.54, 1.807) is 14.0 Å². The van der Waals surface area contributed by atoms with Gasteiger partial charge in [-0.15, -0.1) is 0 Å². The zero-order chi connectivity index (χ0) is 16.0. The summed E-state index contributed by atoms with van der Waals surface area (Å²) in [6.07, 6.45) is 1.00. The highest BCUT2D eigenvalue weighted by Crippen LogP contribution is 2.21. The molecule has 1 aliphatic heterocycles. The van der Waals surface area contributed by atoms with Crippen LogP contribution in [0.15, 0.2) is 0 Å². The Hall–Kier alpha value is -1.34. The largest absolute Gasteiger partial charge is 0.481 e. The third kappa shape index (κ3) is 5.17. The average molecular weight is 302 g/mol. The molecular formula is C14H26N2O5. The molecule has 1 atom stereocenters. The second-order valence-electron chi connectivity index (χ2n) is 5.75. The molecule has 7 heteroatoms. The van der Waals surface area contributed by atoms with Crippen LogP contribution in [0.2, 0.25) is 0 Å². The number of hydrogen-bond acceptors (Lipinski definition) is 4. The number of likely N-dealkylation sites (N-methyl/N-ethyl adjacent to an activating group) is 1. The van der Waals surface area contributed by atoms with Gasteiger partial charge in [-0.2, -0.15) is 0 Å². The topological polar surface area (TPSA) is 90.3 Å². The minimum atomic E-state index is -0.924. The molecule has 1 unspecified atom stereocenters. The van der Waals surface area contributed by atoms with Crippen LogP contribution in [0.1, 0.15) is 26.7 Å². The zero-order valence-electron chi connectivity index (χ0n) is 13.0. The number of rotatable bonds is 6. The van der Waals surface area contributed by atoms with Gasteiger partial charge < -0.3 is 24.7 Å². The van der Waals surface area contributed by atoms with E-state index in [1.165, 1.54) is 9.80 Å². The van der Waals surface area contributed by atoms with Crippen LogP contribution in [0.3, 0.4) is 0 Å². The highest BCUT2D eigenvalue weighted by molar-refractivity contribution is 5.76. The van der Waals surface area contributed by atoms with Gasteiger partial charge in [0, 0.05) is 46.2 Å². The van der Waals surface area contributed by atoms with Gasteiger partial charge in [0.1, 0.15) is 0 Å². The first-order valence-electron chi connectivity index (χ1n) is 7.32. The van der Waals surface area contributed by atoms with Crippen molar-refractivity contribution in [1.29, 1.82) is 0 Å². The molecule has 0 aromatic heterocycles. The Kier molecular flexibility index (Phi) is 6.42. The van der Waals surface area contributed by atoms with Gasteiger partial charge in [0.15, 0.2) is 0 Å². The van der Waals surface area contributed by atoms with Crippen LogP contribution in [0.5, 0.6) is 0 Å². The number of amides is 2. The molecule has 1 saturated heterocycles. The molecule has 2 amide bonds. The van der Waals surface area contributed by atoms with Crippen LogP contribution in [-0.2, 0) is 9.53 Å². The van der Waals surface area contributed by atoms with Gasteiger partial charge in [-0.1, -0.05) is 6.92 Å². The van der Waals surface area contributed by atoms with Crippen LogP contribution < -0.4 is 0 Å². The molecule has 7 nitrogen and oxygen atoms in total. The summed E-state index contributed by atoms with van der Waals surface area (Å²) in [5.41, 5.74) is -0.916. The number of carbonyl (C=O) groups excluding carboxylic acids is 1. The van der Waals surface area contributed by atoms with Gasteiger partial charge in [-0.3, -0.25) is 4.79 Å². The second-order valence-corrected chi connectivity index (χ2v) is 5.75. The molecule has 1 rings (SSSR count). The van der Waals surface area contributed by atoms with Crippen molar-refractivity contribution in [3.05, 3.63) is 0 Å². The predicted molar refractivity (Wildman–Crippen MR) is 77.1 cm³/mol. The molecular weight excluding hydrogens is 276 g/mol. The Morgan fingerprint density at radius 2 is 1.90 bits per heavy atom. The number of hydrogen-bond donors (Lipinski definition) is 2. The van der Waals surface area contributed by atoms with Crippen molar-refractivity contribution in [2.45, 2.75) is 32.3 Å². The fraction of sp³-hybridized carbons (Fsp3) is 0.857. The first-order valence-corrected chi connectivity index (χ1v) is 7.32. The van der Waals surface area contributed by atoms with Gasteiger partial charge in [0.05, 0.1) is 18.1 Å². The van der Waals surface area contributed by atoms with Gasteiger partial charge in [0.2, 0.25) is 0 Å². The minimum absolute atomic E-state index is 0.163. The summed E-state index contributed by atoms with van der Waals surface area (Å²) < 4.78 is 5.22. The summed E-state index contributed by atoms with van der Waals surface area (Å²) in [4.78, 5) is 26.2. The highest BCUT2D eigenvalue weighted by atomic mass is 16.5. The van der Waals surface area contributed by atoms with Gasteiger partial charge in [-0.25, -0.2) is 4.79 Å². The molecule has 0 spiro atoms. The van der Waals surface area contributed by atoms with Crippen molar-refractivity contribution in [1.82, 2.24) is 9.80 Å². The Bertz CT molecular complexity index is 368. The fourth-order valence-corrected chi connectivity index (χ4v) is 2.41. The van der Waals surface area contributed by atoms with E-state index in [0.717, 1.165) is 0 Å². The first-order chi connectivity index (χ1) is 9.79. The molecule has 0 saturated carbocycles. The van der Waals surface area contributed by atoms with Gasteiger partial charge in [0.25, 0.3) is 0 Å². The van der Waals surface area contributed by atoms with E-state index in [4.69, 9.17) is 9.84 Å². The highest BCUT2D eigenvalue weighted by Gasteiger charge is 2.33. The van der Waals surface area contributed by atoms with Crippen molar-refractivity contribution in [3.63, 3.8) is 0 Å². The van der Waals surface area contributed by atoms with E-state index in [9.17, 15) is 14.7 Å². The summed E-state index contributed by atoms with van der Waals surface area (Å²) in [5.74, 6) is -1.54. The maximum absolute atomic E-state index is 12.4. The second kappa shape index (κ2) is 7.61. The SMILES string of the molecule is CCN(CC(C)C(=O)O)C(=O)N(C)CC1(O)CCOCC1. The van der Waals surface area contributed by atoms with Crippen LogP contribution in [0.4, 0.5) is 4.79 Å². The number of nitrogens with zero attached hydrogens (tertiary/aromatic N) is 2. The molecule has 0 aromatic carbocycles. The van der Waals surface area contributed by atoms with Crippen LogP contribution >= 0.6 is 0 Å². The Morgan fingerprint density at radius 1 is 1.33 bits per heavy atom. The maximum Gasteiger partial charge on any atom is 0.319 e. The lowest BCUT2D eigenvalue weighted by Gasteiger charge is -2.37. The standard InChI is InChI=1S/C14H26N2O5/c1-4-16(9-11(2)12(17)18)13(19)15(3)10-14(20)5-7-21-8-6-14/h11,20H,4-10H2,1-3H3,(H,17,18). The number of carbonyl (C=O) groups is 2. The fourth-order valence-electron chi connectivity index (χ4n) is 2.41. The number of ether oxygens (including phenoxy) is 1. The van der Waals surface area contributed by atoms with Crippen molar-refractivity contribution in [2.75, 3.05) is 39.9 Å². The monoisotopic (exact) mass is 302 g/mol. The third-order valence-corrected chi connectivity index (χ3v) is 3.85. The summed E-state index contributed by atoms with van der Waals surface area (Å²) >= 11 is 0. The van der Waals surface area contributed by atoms with Crippen LogP contribution in [0.25, 0.3) is 0 Å². The lowest BCUT2D eigenvalue weighted by Crippen LogP contribution is -2.51. The molecule has 1 aliphatic rings. The molecule has 0 aliphatic carbocycles. The minimum Gasteiger partial charge on any atom is -0.481 e. The molecule has 21 heavy (non-hydrogen) atoms. The summed E-state index contributed by atoms with van der Waals surface area (Å²) in [5, 5.41) is 19.4. The van der Waals surface area contributed by atoms with Gasteiger partial charge in [-0.05, 0) is 6.92 Å².